The molecule has 3 heterocycles. The van der Waals surface area contributed by atoms with E-state index in [0.717, 1.165) is 24.6 Å². The zero-order chi connectivity index (χ0) is 11.0. The predicted octanol–water partition coefficient (Wildman–Crippen LogP) is 2.09. The molecule has 0 bridgehead atoms. The molecule has 0 atom stereocenters. The molecule has 3 rings (SSSR count). The molecule has 0 saturated carbocycles. The fourth-order valence-electron chi connectivity index (χ4n) is 2.57. The van der Waals surface area contributed by atoms with E-state index in [9.17, 15) is 0 Å². The van der Waals surface area contributed by atoms with Crippen LogP contribution in [0.1, 0.15) is 24.7 Å². The van der Waals surface area contributed by atoms with Gasteiger partial charge < -0.3 is 9.88 Å². The van der Waals surface area contributed by atoms with E-state index in [1.54, 1.807) is 0 Å². The van der Waals surface area contributed by atoms with Crippen molar-refractivity contribution in [3.05, 3.63) is 24.2 Å². The van der Waals surface area contributed by atoms with Gasteiger partial charge in [0.15, 0.2) is 5.65 Å². The second-order valence-electron chi connectivity index (χ2n) is 4.36. The lowest BCUT2D eigenvalue weighted by molar-refractivity contribution is 0.370. The van der Waals surface area contributed by atoms with Crippen LogP contribution in [0, 0.1) is 6.92 Å². The molecule has 0 aromatic carbocycles. The van der Waals surface area contributed by atoms with Gasteiger partial charge >= 0.3 is 0 Å². The van der Waals surface area contributed by atoms with Gasteiger partial charge in [0, 0.05) is 12.2 Å². The van der Waals surface area contributed by atoms with Crippen LogP contribution in [-0.2, 0) is 0 Å². The van der Waals surface area contributed by atoms with Crippen molar-refractivity contribution in [3.8, 4) is 0 Å². The number of halogens is 1. The van der Waals surface area contributed by atoms with Gasteiger partial charge in [-0.1, -0.05) is 0 Å². The summed E-state index contributed by atoms with van der Waals surface area (Å²) in [5, 5.41) is 3.39. The van der Waals surface area contributed by atoms with E-state index in [1.165, 1.54) is 18.4 Å². The van der Waals surface area contributed by atoms with E-state index >= 15 is 0 Å². The highest BCUT2D eigenvalue weighted by Gasteiger charge is 2.19. The quantitative estimate of drug-likeness (QED) is 0.845. The highest BCUT2D eigenvalue weighted by molar-refractivity contribution is 5.85. The van der Waals surface area contributed by atoms with Gasteiger partial charge in [-0.15, -0.1) is 12.4 Å². The Morgan fingerprint density at radius 3 is 2.88 bits per heavy atom. The Hall–Kier alpha value is -1.13. The molecular weight excluding hydrogens is 236 g/mol. The first-order chi connectivity index (χ1) is 7.86. The van der Waals surface area contributed by atoms with Gasteiger partial charge in [-0.2, -0.15) is 0 Å². The number of nitrogens with one attached hydrogen (secondary N) is 1. The van der Waals surface area contributed by atoms with Crippen LogP contribution in [0.2, 0.25) is 0 Å². The van der Waals surface area contributed by atoms with Gasteiger partial charge in [0.05, 0.1) is 5.52 Å². The molecule has 0 radical (unpaired) electrons. The molecule has 92 valence electrons. The number of piperidine rings is 1. The van der Waals surface area contributed by atoms with Crippen molar-refractivity contribution < 1.29 is 0 Å². The van der Waals surface area contributed by atoms with E-state index < -0.39 is 0 Å². The maximum Gasteiger partial charge on any atom is 0.177 e. The van der Waals surface area contributed by atoms with Crippen LogP contribution in [0.15, 0.2) is 18.3 Å². The molecule has 0 spiro atoms. The minimum atomic E-state index is 0. The first kappa shape index (κ1) is 12.3. The Morgan fingerprint density at radius 1 is 1.35 bits per heavy atom. The van der Waals surface area contributed by atoms with E-state index in [1.807, 2.05) is 12.3 Å². The molecule has 1 aliphatic rings. The van der Waals surface area contributed by atoms with E-state index in [2.05, 4.69) is 32.8 Å². The number of pyridine rings is 1. The molecule has 0 unspecified atom stereocenters. The fraction of sp³-hybridized carbons (Fsp3) is 0.500. The minimum Gasteiger partial charge on any atom is -0.324 e. The predicted molar refractivity (Wildman–Crippen MR) is 70.7 cm³/mol. The second kappa shape index (κ2) is 5.02. The van der Waals surface area contributed by atoms with Crippen LogP contribution < -0.4 is 5.32 Å². The summed E-state index contributed by atoms with van der Waals surface area (Å²) in [6.07, 6.45) is 4.17. The van der Waals surface area contributed by atoms with Gasteiger partial charge in [-0.25, -0.2) is 9.97 Å². The second-order valence-corrected chi connectivity index (χ2v) is 4.36. The summed E-state index contributed by atoms with van der Waals surface area (Å²) in [5.74, 6) is 1.08. The third-order valence-electron chi connectivity index (χ3n) is 3.32. The summed E-state index contributed by atoms with van der Waals surface area (Å²) in [4.78, 5) is 8.83. The lowest BCUT2D eigenvalue weighted by atomic mass is 10.1. The molecule has 17 heavy (non-hydrogen) atoms. The van der Waals surface area contributed by atoms with Gasteiger partial charge in [-0.05, 0) is 45.0 Å². The van der Waals surface area contributed by atoms with Gasteiger partial charge in [0.1, 0.15) is 5.82 Å². The van der Waals surface area contributed by atoms with Crippen molar-refractivity contribution in [2.75, 3.05) is 13.1 Å². The molecule has 2 aromatic heterocycles. The number of aryl methyl sites for hydroxylation is 1. The number of rotatable bonds is 1. The van der Waals surface area contributed by atoms with Crippen LogP contribution in [0.4, 0.5) is 0 Å². The average Bonchev–Trinajstić information content (AvgIpc) is 2.66. The molecule has 5 heteroatoms. The van der Waals surface area contributed by atoms with Crippen LogP contribution >= 0.6 is 12.4 Å². The number of nitrogens with zero attached hydrogens (tertiary/aromatic N) is 3. The van der Waals surface area contributed by atoms with Crippen LogP contribution in [0.5, 0.6) is 0 Å². The van der Waals surface area contributed by atoms with Crippen molar-refractivity contribution in [1.82, 2.24) is 19.9 Å². The molecular formula is C12H17ClN4. The van der Waals surface area contributed by atoms with E-state index in [0.29, 0.717) is 6.04 Å². The zero-order valence-corrected chi connectivity index (χ0v) is 10.7. The van der Waals surface area contributed by atoms with Crippen LogP contribution in [-0.4, -0.2) is 27.6 Å². The summed E-state index contributed by atoms with van der Waals surface area (Å²) in [6.45, 7) is 4.28. The standard InChI is InChI=1S/C12H16N4.ClH/c1-9-15-12-11(3-2-6-14-12)16(9)10-4-7-13-8-5-10;/h2-3,6,10,13H,4-5,7-8H2,1H3;1H. The summed E-state index contributed by atoms with van der Waals surface area (Å²) >= 11 is 0. The molecule has 0 aliphatic carbocycles. The average molecular weight is 253 g/mol. The normalized spacial score (nSPS) is 17.0. The van der Waals surface area contributed by atoms with Crippen LogP contribution in [0.3, 0.4) is 0 Å². The van der Waals surface area contributed by atoms with Crippen LogP contribution in [0.25, 0.3) is 11.2 Å². The molecule has 1 N–H and O–H groups in total. The number of aromatic nitrogens is 3. The van der Waals surface area contributed by atoms with E-state index in [4.69, 9.17) is 0 Å². The fourth-order valence-corrected chi connectivity index (χ4v) is 2.57. The summed E-state index contributed by atoms with van der Waals surface area (Å²) < 4.78 is 2.35. The number of imidazole rings is 1. The third-order valence-corrected chi connectivity index (χ3v) is 3.32. The third kappa shape index (κ3) is 2.15. The minimum absolute atomic E-state index is 0. The first-order valence-corrected chi connectivity index (χ1v) is 5.86. The highest BCUT2D eigenvalue weighted by Crippen LogP contribution is 2.25. The summed E-state index contributed by atoms with van der Waals surface area (Å²) in [6, 6.07) is 4.68. The Balaban J connectivity index is 0.00000108. The molecule has 2 aromatic rings. The summed E-state index contributed by atoms with van der Waals surface area (Å²) in [5.41, 5.74) is 2.05. The smallest absolute Gasteiger partial charge is 0.177 e. The lowest BCUT2D eigenvalue weighted by Gasteiger charge is -2.25. The van der Waals surface area contributed by atoms with Crippen molar-refractivity contribution in [1.29, 1.82) is 0 Å². The Morgan fingerprint density at radius 2 is 2.12 bits per heavy atom. The van der Waals surface area contributed by atoms with Gasteiger partial charge in [-0.3, -0.25) is 0 Å². The molecule has 1 fully saturated rings. The topological polar surface area (TPSA) is 42.7 Å². The maximum atomic E-state index is 4.52. The van der Waals surface area contributed by atoms with Gasteiger partial charge in [0.25, 0.3) is 0 Å². The molecule has 4 nitrogen and oxygen atoms in total. The van der Waals surface area contributed by atoms with Gasteiger partial charge in [0.2, 0.25) is 0 Å². The highest BCUT2D eigenvalue weighted by atomic mass is 35.5. The number of hydrogen-bond donors (Lipinski definition) is 1. The monoisotopic (exact) mass is 252 g/mol. The number of hydrogen-bond acceptors (Lipinski definition) is 3. The van der Waals surface area contributed by atoms with E-state index in [-0.39, 0.29) is 12.4 Å². The Labute approximate surface area is 107 Å². The summed E-state index contributed by atoms with van der Waals surface area (Å²) in [7, 11) is 0. The first-order valence-electron chi connectivity index (χ1n) is 5.86. The molecule has 1 aliphatic heterocycles. The van der Waals surface area contributed by atoms with Crippen molar-refractivity contribution in [3.63, 3.8) is 0 Å². The SMILES string of the molecule is Cc1nc2ncccc2n1C1CCNCC1.Cl. The number of fused-ring (bicyclic) bond motifs is 1. The zero-order valence-electron chi connectivity index (χ0n) is 9.89. The Bertz CT molecular complexity index is 502. The lowest BCUT2D eigenvalue weighted by Crippen LogP contribution is -2.29. The largest absolute Gasteiger partial charge is 0.324 e. The molecule has 0 amide bonds. The van der Waals surface area contributed by atoms with Crippen molar-refractivity contribution in [2.24, 2.45) is 0 Å². The van der Waals surface area contributed by atoms with Crippen molar-refractivity contribution >= 4 is 23.6 Å². The van der Waals surface area contributed by atoms with Crippen molar-refractivity contribution in [2.45, 2.75) is 25.8 Å². The Kier molecular flexibility index (Phi) is 3.64. The maximum absolute atomic E-state index is 4.52. The molecule has 1 saturated heterocycles.